The van der Waals surface area contributed by atoms with Crippen molar-refractivity contribution in [3.63, 3.8) is 0 Å². The van der Waals surface area contributed by atoms with Crippen LogP contribution in [-0.4, -0.2) is 36.5 Å². The number of fused-ring (bicyclic) bond motifs is 3. The monoisotopic (exact) mass is 405 g/mol. The topological polar surface area (TPSA) is 41.9 Å². The molecule has 30 heavy (non-hydrogen) atoms. The summed E-state index contributed by atoms with van der Waals surface area (Å²) in [5.74, 6) is 1.51. The number of aliphatic hydroxyl groups is 1. The second kappa shape index (κ2) is 8.29. The molecule has 0 amide bonds. The molecular weight excluding hydrogens is 374 g/mol. The van der Waals surface area contributed by atoms with Gasteiger partial charge in [0.25, 0.3) is 0 Å². The van der Waals surface area contributed by atoms with Crippen molar-refractivity contribution < 1.29 is 14.6 Å². The number of rotatable bonds is 5. The zero-order valence-corrected chi connectivity index (χ0v) is 18.5. The van der Waals surface area contributed by atoms with Gasteiger partial charge in [-0.2, -0.15) is 0 Å². The minimum absolute atomic E-state index is 0.122. The van der Waals surface area contributed by atoms with Gasteiger partial charge >= 0.3 is 0 Å². The summed E-state index contributed by atoms with van der Waals surface area (Å²) in [4.78, 5) is 2.25. The lowest BCUT2D eigenvalue weighted by Gasteiger charge is -2.36. The highest BCUT2D eigenvalue weighted by Crippen LogP contribution is 2.39. The van der Waals surface area contributed by atoms with Crippen LogP contribution in [0.2, 0.25) is 0 Å². The maximum absolute atomic E-state index is 10.7. The third kappa shape index (κ3) is 3.44. The number of nitrogens with zero attached hydrogens (tertiary/aromatic N) is 1. The van der Waals surface area contributed by atoms with Gasteiger partial charge in [-0.05, 0) is 48.3 Å². The average Bonchev–Trinajstić information content (AvgIpc) is 2.76. The fourth-order valence-corrected chi connectivity index (χ4v) is 4.63. The molecule has 3 atom stereocenters. The van der Waals surface area contributed by atoms with E-state index in [4.69, 9.17) is 9.47 Å². The summed E-state index contributed by atoms with van der Waals surface area (Å²) in [6, 6.07) is 12.8. The predicted octanol–water partition coefficient (Wildman–Crippen LogP) is 3.49. The zero-order chi connectivity index (χ0) is 21.4. The highest BCUT2D eigenvalue weighted by molar-refractivity contribution is 5.84. The Labute approximate surface area is 178 Å². The molecule has 2 aliphatic rings. The molecule has 0 spiro atoms. The minimum Gasteiger partial charge on any atom is -0.444 e. The zero-order valence-electron chi connectivity index (χ0n) is 18.5. The van der Waals surface area contributed by atoms with E-state index >= 15 is 0 Å². The summed E-state index contributed by atoms with van der Waals surface area (Å²) in [5.41, 5.74) is 2.26. The summed E-state index contributed by atoms with van der Waals surface area (Å²) in [6.45, 7) is 10.0. The maximum Gasteiger partial charge on any atom is 0.204 e. The SMILES string of the molecule is CCN1CC=c2ccc3ccccc3c2=C1OC1=C(C)C=C(C)C(C)C1C(O)OC. The van der Waals surface area contributed by atoms with Gasteiger partial charge in [0.05, 0.1) is 5.92 Å². The first kappa shape index (κ1) is 20.7. The number of hydrogen-bond donors (Lipinski definition) is 1. The van der Waals surface area contributed by atoms with Crippen LogP contribution in [0.3, 0.4) is 0 Å². The van der Waals surface area contributed by atoms with E-state index in [-0.39, 0.29) is 11.8 Å². The van der Waals surface area contributed by atoms with Gasteiger partial charge in [-0.1, -0.05) is 61.0 Å². The Balaban J connectivity index is 1.96. The molecule has 3 unspecified atom stereocenters. The number of methoxy groups -OCH3 is 1. The van der Waals surface area contributed by atoms with Gasteiger partial charge in [0.1, 0.15) is 5.76 Å². The Morgan fingerprint density at radius 3 is 2.67 bits per heavy atom. The molecule has 4 heteroatoms. The summed E-state index contributed by atoms with van der Waals surface area (Å²) in [5, 5.41) is 15.4. The molecule has 1 heterocycles. The molecule has 0 aromatic heterocycles. The molecule has 1 aliphatic heterocycles. The highest BCUT2D eigenvalue weighted by atomic mass is 16.6. The normalized spacial score (nSPS) is 22.5. The van der Waals surface area contributed by atoms with Gasteiger partial charge in [-0.25, -0.2) is 0 Å². The largest absolute Gasteiger partial charge is 0.444 e. The van der Waals surface area contributed by atoms with Gasteiger partial charge in [-0.15, -0.1) is 0 Å². The first-order chi connectivity index (χ1) is 14.5. The molecule has 4 rings (SSSR count). The second-order valence-corrected chi connectivity index (χ2v) is 8.28. The first-order valence-corrected chi connectivity index (χ1v) is 10.7. The predicted molar refractivity (Wildman–Crippen MR) is 122 cm³/mol. The molecule has 0 fully saturated rings. The standard InChI is InChI=1S/C26H31NO3/c1-6-27-14-13-20-12-11-19-9-7-8-10-21(19)23(20)25(27)30-24-17(3)15-16(2)18(4)22(24)26(28)29-5/h7-13,15,18,22,26,28H,6,14H2,1-5H3. The van der Waals surface area contributed by atoms with Crippen LogP contribution >= 0.6 is 0 Å². The number of ether oxygens (including phenoxy) is 2. The quantitative estimate of drug-likeness (QED) is 0.774. The Morgan fingerprint density at radius 2 is 1.93 bits per heavy atom. The smallest absolute Gasteiger partial charge is 0.204 e. The Kier molecular flexibility index (Phi) is 5.72. The Bertz CT molecular complexity index is 1140. The number of hydrogen-bond acceptors (Lipinski definition) is 4. The van der Waals surface area contributed by atoms with Crippen molar-refractivity contribution in [3.8, 4) is 0 Å². The van der Waals surface area contributed by atoms with Crippen LogP contribution in [0.4, 0.5) is 0 Å². The van der Waals surface area contributed by atoms with E-state index in [1.165, 1.54) is 21.6 Å². The van der Waals surface area contributed by atoms with Crippen LogP contribution in [-0.2, 0) is 9.47 Å². The average molecular weight is 406 g/mol. The van der Waals surface area contributed by atoms with Crippen molar-refractivity contribution >= 4 is 22.7 Å². The van der Waals surface area contributed by atoms with Crippen molar-refractivity contribution in [1.29, 1.82) is 0 Å². The lowest BCUT2D eigenvalue weighted by atomic mass is 9.80. The van der Waals surface area contributed by atoms with Crippen LogP contribution in [0.1, 0.15) is 27.7 Å². The summed E-state index contributed by atoms with van der Waals surface area (Å²) >= 11 is 0. The third-order valence-electron chi connectivity index (χ3n) is 6.52. The van der Waals surface area contributed by atoms with Crippen molar-refractivity contribution in [1.82, 2.24) is 4.90 Å². The summed E-state index contributed by atoms with van der Waals surface area (Å²) in [6.07, 6.45) is 3.50. The molecule has 2 aromatic carbocycles. The van der Waals surface area contributed by atoms with Crippen LogP contribution < -0.4 is 10.4 Å². The molecule has 0 saturated carbocycles. The first-order valence-electron chi connectivity index (χ1n) is 10.7. The molecule has 4 nitrogen and oxygen atoms in total. The molecule has 1 N–H and O–H groups in total. The van der Waals surface area contributed by atoms with Gasteiger partial charge in [0.15, 0.2) is 6.29 Å². The number of benzene rings is 2. The van der Waals surface area contributed by atoms with Crippen LogP contribution in [0.25, 0.3) is 22.7 Å². The molecule has 1 aliphatic carbocycles. The second-order valence-electron chi connectivity index (χ2n) is 8.28. The third-order valence-corrected chi connectivity index (χ3v) is 6.52. The van der Waals surface area contributed by atoms with E-state index in [1.54, 1.807) is 7.11 Å². The fraction of sp³-hybridized carbons (Fsp3) is 0.385. The Hall–Kier alpha value is -2.56. The minimum atomic E-state index is -0.925. The Morgan fingerprint density at radius 1 is 1.17 bits per heavy atom. The van der Waals surface area contributed by atoms with E-state index < -0.39 is 6.29 Å². The lowest BCUT2D eigenvalue weighted by Crippen LogP contribution is -2.42. The molecule has 0 saturated heterocycles. The van der Waals surface area contributed by atoms with Crippen LogP contribution in [0.5, 0.6) is 0 Å². The van der Waals surface area contributed by atoms with Gasteiger partial charge < -0.3 is 19.5 Å². The molecular formula is C26H31NO3. The fourth-order valence-electron chi connectivity index (χ4n) is 4.63. The molecule has 0 bridgehead atoms. The summed E-state index contributed by atoms with van der Waals surface area (Å²) in [7, 11) is 1.54. The molecule has 2 aromatic rings. The van der Waals surface area contributed by atoms with E-state index in [1.807, 2.05) is 0 Å². The van der Waals surface area contributed by atoms with Crippen molar-refractivity contribution in [3.05, 3.63) is 69.8 Å². The maximum atomic E-state index is 10.7. The number of allylic oxidation sites excluding steroid dienone is 3. The van der Waals surface area contributed by atoms with Crippen molar-refractivity contribution in [2.24, 2.45) is 11.8 Å². The van der Waals surface area contributed by atoms with Crippen molar-refractivity contribution in [2.45, 2.75) is 34.0 Å². The van der Waals surface area contributed by atoms with Crippen LogP contribution in [0, 0.1) is 11.8 Å². The van der Waals surface area contributed by atoms with Gasteiger partial charge in [-0.3, -0.25) is 0 Å². The van der Waals surface area contributed by atoms with E-state index in [0.717, 1.165) is 35.5 Å². The van der Waals surface area contributed by atoms with Gasteiger partial charge in [0, 0.05) is 25.4 Å². The van der Waals surface area contributed by atoms with Gasteiger partial charge in [0.2, 0.25) is 5.88 Å². The van der Waals surface area contributed by atoms with E-state index in [9.17, 15) is 5.11 Å². The lowest BCUT2D eigenvalue weighted by molar-refractivity contribution is -0.120. The van der Waals surface area contributed by atoms with Crippen LogP contribution in [0.15, 0.2) is 59.4 Å². The summed E-state index contributed by atoms with van der Waals surface area (Å²) < 4.78 is 12.1. The molecule has 0 radical (unpaired) electrons. The number of aliphatic hydroxyl groups excluding tert-OH is 1. The molecule has 158 valence electrons. The van der Waals surface area contributed by atoms with Crippen molar-refractivity contribution in [2.75, 3.05) is 20.2 Å². The van der Waals surface area contributed by atoms with E-state index in [2.05, 4.69) is 81.1 Å². The van der Waals surface area contributed by atoms with E-state index in [0.29, 0.717) is 0 Å². The highest BCUT2D eigenvalue weighted by Gasteiger charge is 2.36.